The van der Waals surface area contributed by atoms with Gasteiger partial charge in [0.25, 0.3) is 0 Å². The van der Waals surface area contributed by atoms with Gasteiger partial charge in [0.05, 0.1) is 11.4 Å². The summed E-state index contributed by atoms with van der Waals surface area (Å²) in [6.45, 7) is 16.5. The van der Waals surface area contributed by atoms with E-state index in [9.17, 15) is 0 Å². The highest BCUT2D eigenvalue weighted by Gasteiger charge is 2.16. The zero-order valence-electron chi connectivity index (χ0n) is 17.2. The lowest BCUT2D eigenvalue weighted by Crippen LogP contribution is -2.07. The van der Waals surface area contributed by atoms with Crippen molar-refractivity contribution in [2.24, 2.45) is 0 Å². The van der Waals surface area contributed by atoms with E-state index >= 15 is 0 Å². The first-order chi connectivity index (χ1) is 11.9. The average Bonchev–Trinajstić information content (AvgIpc) is 3.17. The van der Waals surface area contributed by atoms with Gasteiger partial charge in [-0.15, -0.1) is 0 Å². The Labute approximate surface area is 153 Å². The molecule has 0 aromatic carbocycles. The highest BCUT2D eigenvalue weighted by Crippen LogP contribution is 2.27. The van der Waals surface area contributed by atoms with Crippen LogP contribution in [0.2, 0.25) is 0 Å². The lowest BCUT2D eigenvalue weighted by atomic mass is 9.94. The fourth-order valence-corrected chi connectivity index (χ4v) is 3.62. The minimum Gasteiger partial charge on any atom is -0.272 e. The van der Waals surface area contributed by atoms with Gasteiger partial charge < -0.3 is 0 Å². The molecule has 0 fully saturated rings. The van der Waals surface area contributed by atoms with Crippen LogP contribution in [0.4, 0.5) is 0 Å². The molecule has 2 atom stereocenters. The number of rotatable bonds is 9. The van der Waals surface area contributed by atoms with E-state index in [0.29, 0.717) is 17.9 Å². The molecule has 2 rings (SSSR count). The Morgan fingerprint density at radius 3 is 2.24 bits per heavy atom. The SMILES string of the molecule is CCc1nn(CC)cc1C(C)CCCC(C)n1cc(C(C)C)c(C)n1. The molecule has 140 valence electrons. The van der Waals surface area contributed by atoms with Crippen molar-refractivity contribution >= 4 is 0 Å². The van der Waals surface area contributed by atoms with Gasteiger partial charge in [-0.2, -0.15) is 10.2 Å². The maximum Gasteiger partial charge on any atom is 0.0656 e. The lowest BCUT2D eigenvalue weighted by Gasteiger charge is -2.15. The Bertz CT molecular complexity index is 665. The summed E-state index contributed by atoms with van der Waals surface area (Å²) in [5.41, 5.74) is 5.26. The number of aryl methyl sites for hydroxylation is 3. The largest absolute Gasteiger partial charge is 0.272 e. The molecule has 0 aliphatic carbocycles. The minimum atomic E-state index is 0.461. The number of hydrogen-bond donors (Lipinski definition) is 0. The van der Waals surface area contributed by atoms with Gasteiger partial charge in [0.1, 0.15) is 0 Å². The predicted octanol–water partition coefficient (Wildman–Crippen LogP) is 5.63. The minimum absolute atomic E-state index is 0.461. The summed E-state index contributed by atoms with van der Waals surface area (Å²) >= 11 is 0. The van der Waals surface area contributed by atoms with Crippen molar-refractivity contribution in [3.63, 3.8) is 0 Å². The summed E-state index contributed by atoms with van der Waals surface area (Å²) in [6.07, 6.45) is 9.12. The maximum atomic E-state index is 4.73. The van der Waals surface area contributed by atoms with Crippen molar-refractivity contribution in [2.45, 2.75) is 98.6 Å². The van der Waals surface area contributed by atoms with Crippen LogP contribution >= 0.6 is 0 Å². The first kappa shape index (κ1) is 19.7. The Kier molecular flexibility index (Phi) is 6.86. The summed E-state index contributed by atoms with van der Waals surface area (Å²) in [5.74, 6) is 1.12. The van der Waals surface area contributed by atoms with E-state index in [1.54, 1.807) is 0 Å². The molecule has 2 aromatic heterocycles. The molecule has 0 radical (unpaired) electrons. The third kappa shape index (κ3) is 4.74. The predicted molar refractivity (Wildman–Crippen MR) is 105 cm³/mol. The smallest absolute Gasteiger partial charge is 0.0656 e. The molecule has 0 N–H and O–H groups in total. The van der Waals surface area contributed by atoms with E-state index < -0.39 is 0 Å². The van der Waals surface area contributed by atoms with Crippen molar-refractivity contribution in [2.75, 3.05) is 0 Å². The van der Waals surface area contributed by atoms with E-state index in [1.165, 1.54) is 41.8 Å². The van der Waals surface area contributed by atoms with Gasteiger partial charge in [0.15, 0.2) is 0 Å². The van der Waals surface area contributed by atoms with Crippen LogP contribution < -0.4 is 0 Å². The monoisotopic (exact) mass is 344 g/mol. The van der Waals surface area contributed by atoms with Gasteiger partial charge in [0, 0.05) is 25.0 Å². The van der Waals surface area contributed by atoms with Gasteiger partial charge in [-0.1, -0.05) is 34.1 Å². The van der Waals surface area contributed by atoms with Crippen LogP contribution in [-0.4, -0.2) is 19.6 Å². The van der Waals surface area contributed by atoms with Crippen molar-refractivity contribution in [1.29, 1.82) is 0 Å². The lowest BCUT2D eigenvalue weighted by molar-refractivity contribution is 0.429. The zero-order valence-corrected chi connectivity index (χ0v) is 17.2. The molecule has 0 aliphatic rings. The molecule has 2 heterocycles. The van der Waals surface area contributed by atoms with Crippen LogP contribution in [0.5, 0.6) is 0 Å². The van der Waals surface area contributed by atoms with Crippen LogP contribution in [0.15, 0.2) is 12.4 Å². The van der Waals surface area contributed by atoms with Crippen molar-refractivity contribution < 1.29 is 0 Å². The summed E-state index contributed by atoms with van der Waals surface area (Å²) in [4.78, 5) is 0. The van der Waals surface area contributed by atoms with Crippen molar-refractivity contribution in [1.82, 2.24) is 19.6 Å². The highest BCUT2D eigenvalue weighted by molar-refractivity contribution is 5.21. The third-order valence-corrected chi connectivity index (χ3v) is 5.35. The fraction of sp³-hybridized carbons (Fsp3) is 0.714. The van der Waals surface area contributed by atoms with Gasteiger partial charge in [-0.05, 0) is 63.0 Å². The molecule has 4 nitrogen and oxygen atoms in total. The van der Waals surface area contributed by atoms with E-state index in [0.717, 1.165) is 13.0 Å². The molecule has 0 amide bonds. The van der Waals surface area contributed by atoms with Crippen LogP contribution in [-0.2, 0) is 13.0 Å². The molecular formula is C21H36N4. The van der Waals surface area contributed by atoms with Crippen molar-refractivity contribution in [3.05, 3.63) is 34.9 Å². The van der Waals surface area contributed by atoms with Crippen LogP contribution in [0.1, 0.15) is 101 Å². The van der Waals surface area contributed by atoms with Crippen LogP contribution in [0.25, 0.3) is 0 Å². The molecule has 2 unspecified atom stereocenters. The third-order valence-electron chi connectivity index (χ3n) is 5.35. The van der Waals surface area contributed by atoms with E-state index in [4.69, 9.17) is 10.2 Å². The molecule has 4 heteroatoms. The second-order valence-corrected chi connectivity index (χ2v) is 7.73. The van der Waals surface area contributed by atoms with Gasteiger partial charge in [0.2, 0.25) is 0 Å². The number of nitrogens with zero attached hydrogens (tertiary/aromatic N) is 4. The molecule has 25 heavy (non-hydrogen) atoms. The summed E-state index contributed by atoms with van der Waals surface area (Å²) < 4.78 is 4.25. The Morgan fingerprint density at radius 1 is 0.960 bits per heavy atom. The molecular weight excluding hydrogens is 308 g/mol. The normalized spacial score (nSPS) is 14.2. The standard InChI is InChI=1S/C21H36N4/c1-8-21-20(13-24(9-2)23-21)16(5)11-10-12-17(6)25-14-19(15(3)4)18(7)22-25/h13-17H,8-12H2,1-7H3. The Morgan fingerprint density at radius 2 is 1.68 bits per heavy atom. The second-order valence-electron chi connectivity index (χ2n) is 7.73. The topological polar surface area (TPSA) is 35.6 Å². The van der Waals surface area contributed by atoms with Gasteiger partial charge >= 0.3 is 0 Å². The zero-order chi connectivity index (χ0) is 18.6. The maximum absolute atomic E-state index is 4.73. The van der Waals surface area contributed by atoms with E-state index in [-0.39, 0.29) is 0 Å². The Hall–Kier alpha value is -1.58. The average molecular weight is 345 g/mol. The Balaban J connectivity index is 1.91. The van der Waals surface area contributed by atoms with Crippen molar-refractivity contribution in [3.8, 4) is 0 Å². The van der Waals surface area contributed by atoms with E-state index in [1.807, 2.05) is 0 Å². The molecule has 0 bridgehead atoms. The van der Waals surface area contributed by atoms with Gasteiger partial charge in [-0.25, -0.2) is 0 Å². The van der Waals surface area contributed by atoms with Gasteiger partial charge in [-0.3, -0.25) is 9.36 Å². The molecule has 0 spiro atoms. The molecule has 0 saturated carbocycles. The summed E-state index contributed by atoms with van der Waals surface area (Å²) in [7, 11) is 0. The second kappa shape index (κ2) is 8.68. The molecule has 0 saturated heterocycles. The first-order valence-corrected chi connectivity index (χ1v) is 9.99. The fourth-order valence-electron chi connectivity index (χ4n) is 3.62. The number of hydrogen-bond acceptors (Lipinski definition) is 2. The highest BCUT2D eigenvalue weighted by atomic mass is 15.3. The quantitative estimate of drug-likeness (QED) is 0.591. The van der Waals surface area contributed by atoms with E-state index in [2.05, 4.69) is 70.2 Å². The van der Waals surface area contributed by atoms with Crippen LogP contribution in [0, 0.1) is 6.92 Å². The summed E-state index contributed by atoms with van der Waals surface area (Å²) in [6, 6.07) is 0.461. The summed E-state index contributed by atoms with van der Waals surface area (Å²) in [5, 5.41) is 9.42. The molecule has 0 aliphatic heterocycles. The van der Waals surface area contributed by atoms with Crippen LogP contribution in [0.3, 0.4) is 0 Å². The molecule has 2 aromatic rings. The first-order valence-electron chi connectivity index (χ1n) is 9.99. The number of aromatic nitrogens is 4.